The summed E-state index contributed by atoms with van der Waals surface area (Å²) in [6.07, 6.45) is 11.3. The van der Waals surface area contributed by atoms with Crippen molar-refractivity contribution in [1.82, 2.24) is 4.90 Å². The van der Waals surface area contributed by atoms with Gasteiger partial charge in [-0.05, 0) is 31.1 Å². The molecule has 0 spiro atoms. The van der Waals surface area contributed by atoms with Gasteiger partial charge in [-0.2, -0.15) is 0 Å². The first-order valence-electron chi connectivity index (χ1n) is 7.63. The summed E-state index contributed by atoms with van der Waals surface area (Å²) < 4.78 is 0. The van der Waals surface area contributed by atoms with Crippen LogP contribution in [0.25, 0.3) is 0 Å². The van der Waals surface area contributed by atoms with Crippen LogP contribution in [0, 0.1) is 11.8 Å². The lowest BCUT2D eigenvalue weighted by Gasteiger charge is -2.32. The maximum Gasteiger partial charge on any atom is 0.222 e. The molecule has 18 heavy (non-hydrogen) atoms. The predicted molar refractivity (Wildman–Crippen MR) is 78.9 cm³/mol. The minimum absolute atomic E-state index is 0.409. The minimum atomic E-state index is 0.409. The maximum absolute atomic E-state index is 12.2. The maximum atomic E-state index is 12.2. The number of halogens is 1. The highest BCUT2D eigenvalue weighted by Crippen LogP contribution is 2.28. The van der Waals surface area contributed by atoms with Gasteiger partial charge in [-0.15, -0.1) is 0 Å². The lowest BCUT2D eigenvalue weighted by molar-refractivity contribution is -0.133. The van der Waals surface area contributed by atoms with Crippen LogP contribution in [0.2, 0.25) is 0 Å². The molecule has 1 amide bonds. The molecule has 2 aliphatic rings. The monoisotopic (exact) mass is 315 g/mol. The number of nitrogens with zero attached hydrogens (tertiary/aromatic N) is 1. The second-order valence-electron chi connectivity index (χ2n) is 6.05. The van der Waals surface area contributed by atoms with Crippen LogP contribution in [0.1, 0.15) is 57.8 Å². The molecule has 2 fully saturated rings. The van der Waals surface area contributed by atoms with E-state index in [0.29, 0.717) is 11.8 Å². The summed E-state index contributed by atoms with van der Waals surface area (Å²) in [5.41, 5.74) is 0. The summed E-state index contributed by atoms with van der Waals surface area (Å²) in [5.74, 6) is 1.92. The highest BCUT2D eigenvalue weighted by Gasteiger charge is 2.23. The van der Waals surface area contributed by atoms with Gasteiger partial charge in [-0.1, -0.05) is 48.0 Å². The van der Waals surface area contributed by atoms with Crippen molar-refractivity contribution in [3.63, 3.8) is 0 Å². The Balaban J connectivity index is 1.70. The molecular weight excluding hydrogens is 290 g/mol. The lowest BCUT2D eigenvalue weighted by Crippen LogP contribution is -2.40. The predicted octanol–water partition coefficient (Wildman–Crippen LogP) is 3.98. The summed E-state index contributed by atoms with van der Waals surface area (Å²) in [6, 6.07) is 0. The fraction of sp³-hybridized carbons (Fsp3) is 0.933. The van der Waals surface area contributed by atoms with E-state index >= 15 is 0 Å². The van der Waals surface area contributed by atoms with E-state index in [1.54, 1.807) is 0 Å². The van der Waals surface area contributed by atoms with Gasteiger partial charge >= 0.3 is 0 Å². The first-order chi connectivity index (χ1) is 8.79. The SMILES string of the molecule is O=C(CCC1CCCCC1)N1CCCC(CBr)C1. The van der Waals surface area contributed by atoms with Crippen molar-refractivity contribution in [1.29, 1.82) is 0 Å². The first kappa shape index (κ1) is 14.4. The molecule has 1 saturated carbocycles. The average Bonchev–Trinajstić information content (AvgIpc) is 2.46. The standard InChI is InChI=1S/C15H26BrNO/c16-11-14-7-4-10-17(12-14)15(18)9-8-13-5-2-1-3-6-13/h13-14H,1-12H2. The van der Waals surface area contributed by atoms with Gasteiger partial charge in [0.05, 0.1) is 0 Å². The van der Waals surface area contributed by atoms with Crippen LogP contribution in [0.4, 0.5) is 0 Å². The second kappa shape index (κ2) is 7.52. The van der Waals surface area contributed by atoms with E-state index < -0.39 is 0 Å². The van der Waals surface area contributed by atoms with Gasteiger partial charge in [0.2, 0.25) is 5.91 Å². The Labute approximate surface area is 120 Å². The molecule has 1 atom stereocenters. The molecule has 0 aromatic heterocycles. The fourth-order valence-electron chi connectivity index (χ4n) is 3.38. The second-order valence-corrected chi connectivity index (χ2v) is 6.69. The summed E-state index contributed by atoms with van der Waals surface area (Å²) in [5, 5.41) is 1.04. The van der Waals surface area contributed by atoms with Crippen LogP contribution in [0.3, 0.4) is 0 Å². The Morgan fingerprint density at radius 3 is 2.50 bits per heavy atom. The molecule has 1 unspecified atom stereocenters. The number of amides is 1. The van der Waals surface area contributed by atoms with Gasteiger partial charge in [-0.3, -0.25) is 4.79 Å². The van der Waals surface area contributed by atoms with Gasteiger partial charge < -0.3 is 4.90 Å². The number of piperidine rings is 1. The van der Waals surface area contributed by atoms with E-state index in [2.05, 4.69) is 20.8 Å². The van der Waals surface area contributed by atoms with Crippen molar-refractivity contribution in [2.45, 2.75) is 57.8 Å². The largest absolute Gasteiger partial charge is 0.342 e. The highest BCUT2D eigenvalue weighted by atomic mass is 79.9. The molecule has 0 bridgehead atoms. The molecule has 0 aromatic carbocycles. The summed E-state index contributed by atoms with van der Waals surface area (Å²) in [4.78, 5) is 14.3. The Kier molecular flexibility index (Phi) is 6.00. The Bertz CT molecular complexity index is 263. The quantitative estimate of drug-likeness (QED) is 0.718. The van der Waals surface area contributed by atoms with Gasteiger partial charge in [0.25, 0.3) is 0 Å². The molecule has 1 aliphatic heterocycles. The van der Waals surface area contributed by atoms with Crippen molar-refractivity contribution in [2.75, 3.05) is 18.4 Å². The molecule has 0 radical (unpaired) electrons. The molecule has 1 saturated heterocycles. The number of carbonyl (C=O) groups is 1. The molecular formula is C15H26BrNO. The fourth-order valence-corrected chi connectivity index (χ4v) is 3.91. The third-order valence-electron chi connectivity index (χ3n) is 4.58. The van der Waals surface area contributed by atoms with Crippen LogP contribution in [0.15, 0.2) is 0 Å². The molecule has 1 heterocycles. The first-order valence-corrected chi connectivity index (χ1v) is 8.75. The number of likely N-dealkylation sites (tertiary alicyclic amines) is 1. The average molecular weight is 316 g/mol. The zero-order chi connectivity index (χ0) is 12.8. The zero-order valence-corrected chi connectivity index (χ0v) is 13.0. The van der Waals surface area contributed by atoms with Gasteiger partial charge in [-0.25, -0.2) is 0 Å². The van der Waals surface area contributed by atoms with Crippen molar-refractivity contribution < 1.29 is 4.79 Å². The topological polar surface area (TPSA) is 20.3 Å². The van der Waals surface area contributed by atoms with E-state index in [4.69, 9.17) is 0 Å². The Morgan fingerprint density at radius 1 is 1.06 bits per heavy atom. The van der Waals surface area contributed by atoms with Crippen molar-refractivity contribution in [3.8, 4) is 0 Å². The summed E-state index contributed by atoms with van der Waals surface area (Å²) in [7, 11) is 0. The van der Waals surface area contributed by atoms with Crippen LogP contribution in [0.5, 0.6) is 0 Å². The van der Waals surface area contributed by atoms with Crippen LogP contribution < -0.4 is 0 Å². The van der Waals surface area contributed by atoms with E-state index in [0.717, 1.165) is 37.2 Å². The molecule has 0 N–H and O–H groups in total. The van der Waals surface area contributed by atoms with Crippen molar-refractivity contribution in [3.05, 3.63) is 0 Å². The van der Waals surface area contributed by atoms with Gasteiger partial charge in [0.15, 0.2) is 0 Å². The molecule has 3 heteroatoms. The normalized spacial score (nSPS) is 26.3. The Hall–Kier alpha value is -0.0500. The molecule has 2 nitrogen and oxygen atoms in total. The van der Waals surface area contributed by atoms with Gasteiger partial charge in [0.1, 0.15) is 0 Å². The molecule has 0 aromatic rings. The van der Waals surface area contributed by atoms with Crippen molar-refractivity contribution in [2.24, 2.45) is 11.8 Å². The van der Waals surface area contributed by atoms with E-state index in [-0.39, 0.29) is 0 Å². The van der Waals surface area contributed by atoms with E-state index in [9.17, 15) is 4.79 Å². The van der Waals surface area contributed by atoms with E-state index in [1.807, 2.05) is 0 Å². The molecule has 1 aliphatic carbocycles. The van der Waals surface area contributed by atoms with Crippen molar-refractivity contribution >= 4 is 21.8 Å². The number of alkyl halides is 1. The number of rotatable bonds is 4. The van der Waals surface area contributed by atoms with Crippen LogP contribution in [-0.2, 0) is 4.79 Å². The summed E-state index contributed by atoms with van der Waals surface area (Å²) >= 11 is 3.55. The number of hydrogen-bond donors (Lipinski definition) is 0. The summed E-state index contributed by atoms with van der Waals surface area (Å²) in [6.45, 7) is 1.97. The van der Waals surface area contributed by atoms with Crippen LogP contribution in [-0.4, -0.2) is 29.2 Å². The third kappa shape index (κ3) is 4.25. The third-order valence-corrected chi connectivity index (χ3v) is 5.50. The number of carbonyl (C=O) groups excluding carboxylic acids is 1. The molecule has 104 valence electrons. The van der Waals surface area contributed by atoms with Crippen LogP contribution >= 0.6 is 15.9 Å². The smallest absolute Gasteiger partial charge is 0.222 e. The van der Waals surface area contributed by atoms with E-state index in [1.165, 1.54) is 44.9 Å². The lowest BCUT2D eigenvalue weighted by atomic mass is 9.86. The molecule has 2 rings (SSSR count). The van der Waals surface area contributed by atoms with Gasteiger partial charge in [0, 0.05) is 24.8 Å². The minimum Gasteiger partial charge on any atom is -0.342 e. The zero-order valence-electron chi connectivity index (χ0n) is 11.4. The highest BCUT2D eigenvalue weighted by molar-refractivity contribution is 9.09. The Morgan fingerprint density at radius 2 is 1.78 bits per heavy atom. The number of hydrogen-bond acceptors (Lipinski definition) is 1.